The zero-order valence-corrected chi connectivity index (χ0v) is 10.4. The molecule has 0 saturated carbocycles. The number of hydrogen-bond donors (Lipinski definition) is 1. The normalized spacial score (nSPS) is 11.8. The lowest BCUT2D eigenvalue weighted by Gasteiger charge is -2.24. The van der Waals surface area contributed by atoms with Gasteiger partial charge in [-0.1, -0.05) is 13.8 Å². The van der Waals surface area contributed by atoms with E-state index in [0.29, 0.717) is 19.3 Å². The van der Waals surface area contributed by atoms with Crippen LogP contribution in [-0.2, 0) is 17.8 Å². The number of carbonyl (C=O) groups excluding carboxylic acids is 1. The molecule has 4 heteroatoms. The highest BCUT2D eigenvalue weighted by Crippen LogP contribution is 2.15. The fourth-order valence-electron chi connectivity index (χ4n) is 1.76. The maximum atomic E-state index is 12.1. The van der Waals surface area contributed by atoms with Gasteiger partial charge in [0.25, 0.3) is 0 Å². The maximum Gasteiger partial charge on any atom is 0.160 e. The van der Waals surface area contributed by atoms with Crippen molar-refractivity contribution < 1.29 is 4.79 Å². The molecule has 1 aromatic heterocycles. The molecule has 16 heavy (non-hydrogen) atoms. The van der Waals surface area contributed by atoms with Gasteiger partial charge in [0.2, 0.25) is 0 Å². The molecule has 0 atom stereocenters. The van der Waals surface area contributed by atoms with E-state index in [-0.39, 0.29) is 5.78 Å². The molecule has 1 heterocycles. The Balaban J connectivity index is 2.78. The highest BCUT2D eigenvalue weighted by Gasteiger charge is 2.30. The van der Waals surface area contributed by atoms with Crippen molar-refractivity contribution in [1.29, 1.82) is 0 Å². The monoisotopic (exact) mass is 223 g/mol. The number of nitrogens with two attached hydrogens (primary N) is 1. The molecule has 1 aromatic rings. The molecule has 0 aromatic carbocycles. The fourth-order valence-corrected chi connectivity index (χ4v) is 1.76. The lowest BCUT2D eigenvalue weighted by molar-refractivity contribution is -0.123. The first-order valence-electron chi connectivity index (χ1n) is 5.89. The molecule has 0 spiro atoms. The van der Waals surface area contributed by atoms with Crippen LogP contribution in [0.15, 0.2) is 12.4 Å². The predicted octanol–water partition coefficient (Wildman–Crippen LogP) is 1.53. The molecule has 90 valence electrons. The summed E-state index contributed by atoms with van der Waals surface area (Å²) in [5, 5.41) is 0. The zero-order valence-electron chi connectivity index (χ0n) is 10.4. The molecule has 1 rings (SSSR count). The number of aryl methyl sites for hydroxylation is 1. The molecular weight excluding hydrogens is 202 g/mol. The van der Waals surface area contributed by atoms with Crippen LogP contribution in [0.25, 0.3) is 0 Å². The number of nitrogens with zero attached hydrogens (tertiary/aromatic N) is 2. The largest absolute Gasteiger partial charge is 0.335 e. The summed E-state index contributed by atoms with van der Waals surface area (Å²) in [5.74, 6) is 0.891. The summed E-state index contributed by atoms with van der Waals surface area (Å²) in [6.45, 7) is 6.77. The Bertz CT molecular complexity index is 353. The standard InChI is InChI=1S/C12H21N3O/c1-4-12(13,5-2)10(16)9-11-14-7-8-15(11)6-3/h7-8H,4-6,9,13H2,1-3H3. The first kappa shape index (κ1) is 12.9. The molecule has 0 radical (unpaired) electrons. The smallest absolute Gasteiger partial charge is 0.160 e. The molecule has 0 unspecified atom stereocenters. The summed E-state index contributed by atoms with van der Waals surface area (Å²) in [4.78, 5) is 16.3. The summed E-state index contributed by atoms with van der Waals surface area (Å²) in [6, 6.07) is 0. The molecule has 2 N–H and O–H groups in total. The average Bonchev–Trinajstić information content (AvgIpc) is 2.75. The van der Waals surface area contributed by atoms with E-state index in [4.69, 9.17) is 5.73 Å². The topological polar surface area (TPSA) is 60.9 Å². The Morgan fingerprint density at radius 2 is 2.06 bits per heavy atom. The number of Topliss-reactive ketones (excluding diaryl/α,β-unsaturated/α-hetero) is 1. The Morgan fingerprint density at radius 1 is 1.44 bits per heavy atom. The summed E-state index contributed by atoms with van der Waals surface area (Å²) < 4.78 is 1.98. The van der Waals surface area contributed by atoms with Crippen molar-refractivity contribution >= 4 is 5.78 Å². The summed E-state index contributed by atoms with van der Waals surface area (Å²) in [7, 11) is 0. The summed E-state index contributed by atoms with van der Waals surface area (Å²) >= 11 is 0. The maximum absolute atomic E-state index is 12.1. The molecule has 0 amide bonds. The van der Waals surface area contributed by atoms with Gasteiger partial charge in [-0.3, -0.25) is 4.79 Å². The van der Waals surface area contributed by atoms with Gasteiger partial charge in [0, 0.05) is 18.9 Å². The van der Waals surface area contributed by atoms with Crippen molar-refractivity contribution in [2.24, 2.45) is 5.73 Å². The van der Waals surface area contributed by atoms with Gasteiger partial charge in [0.05, 0.1) is 12.0 Å². The number of imidazole rings is 1. The van der Waals surface area contributed by atoms with E-state index in [1.54, 1.807) is 6.20 Å². The lowest BCUT2D eigenvalue weighted by atomic mass is 9.87. The van der Waals surface area contributed by atoms with Gasteiger partial charge in [0.15, 0.2) is 5.78 Å². The van der Waals surface area contributed by atoms with Crippen molar-refractivity contribution in [2.75, 3.05) is 0 Å². The van der Waals surface area contributed by atoms with E-state index < -0.39 is 5.54 Å². The van der Waals surface area contributed by atoms with Gasteiger partial charge in [-0.2, -0.15) is 0 Å². The fraction of sp³-hybridized carbons (Fsp3) is 0.667. The number of hydrogen-bond acceptors (Lipinski definition) is 3. The van der Waals surface area contributed by atoms with Crippen LogP contribution >= 0.6 is 0 Å². The van der Waals surface area contributed by atoms with Gasteiger partial charge in [-0.25, -0.2) is 4.98 Å². The molecule has 0 fully saturated rings. The van der Waals surface area contributed by atoms with Crippen LogP contribution in [0.1, 0.15) is 39.4 Å². The quantitative estimate of drug-likeness (QED) is 0.795. The number of carbonyl (C=O) groups is 1. The lowest BCUT2D eigenvalue weighted by Crippen LogP contribution is -2.47. The second kappa shape index (κ2) is 5.25. The highest BCUT2D eigenvalue weighted by atomic mass is 16.1. The van der Waals surface area contributed by atoms with E-state index in [0.717, 1.165) is 12.4 Å². The number of aromatic nitrogens is 2. The second-order valence-electron chi connectivity index (χ2n) is 4.09. The van der Waals surface area contributed by atoms with E-state index in [2.05, 4.69) is 4.98 Å². The van der Waals surface area contributed by atoms with E-state index in [1.807, 2.05) is 31.5 Å². The summed E-state index contributed by atoms with van der Waals surface area (Å²) in [6.07, 6.45) is 5.30. The molecule has 0 aliphatic carbocycles. The van der Waals surface area contributed by atoms with Crippen molar-refractivity contribution in [1.82, 2.24) is 9.55 Å². The van der Waals surface area contributed by atoms with Crippen LogP contribution in [0.2, 0.25) is 0 Å². The van der Waals surface area contributed by atoms with Crippen LogP contribution in [0, 0.1) is 0 Å². The van der Waals surface area contributed by atoms with E-state index in [9.17, 15) is 4.79 Å². The van der Waals surface area contributed by atoms with Gasteiger partial charge in [-0.15, -0.1) is 0 Å². The Morgan fingerprint density at radius 3 is 2.56 bits per heavy atom. The minimum Gasteiger partial charge on any atom is -0.335 e. The molecular formula is C12H21N3O. The second-order valence-corrected chi connectivity index (χ2v) is 4.09. The van der Waals surface area contributed by atoms with Gasteiger partial charge >= 0.3 is 0 Å². The van der Waals surface area contributed by atoms with Crippen molar-refractivity contribution in [3.05, 3.63) is 18.2 Å². The van der Waals surface area contributed by atoms with Crippen molar-refractivity contribution in [3.63, 3.8) is 0 Å². The first-order valence-corrected chi connectivity index (χ1v) is 5.89. The number of ketones is 1. The Kier molecular flexibility index (Phi) is 4.24. The molecule has 4 nitrogen and oxygen atoms in total. The molecule has 0 bridgehead atoms. The first-order chi connectivity index (χ1) is 7.57. The SMILES string of the molecule is CCn1ccnc1CC(=O)C(N)(CC)CC. The Hall–Kier alpha value is -1.16. The minimum atomic E-state index is -0.690. The molecule has 0 saturated heterocycles. The molecule has 0 aliphatic rings. The Labute approximate surface area is 96.9 Å². The number of rotatable bonds is 6. The van der Waals surface area contributed by atoms with E-state index in [1.165, 1.54) is 0 Å². The molecule has 0 aliphatic heterocycles. The highest BCUT2D eigenvalue weighted by molar-refractivity contribution is 5.89. The van der Waals surface area contributed by atoms with Gasteiger partial charge in [-0.05, 0) is 19.8 Å². The van der Waals surface area contributed by atoms with E-state index >= 15 is 0 Å². The van der Waals surface area contributed by atoms with Crippen molar-refractivity contribution in [2.45, 2.75) is 52.1 Å². The van der Waals surface area contributed by atoms with Crippen LogP contribution in [-0.4, -0.2) is 20.9 Å². The van der Waals surface area contributed by atoms with Gasteiger partial charge in [0.1, 0.15) is 5.82 Å². The zero-order chi connectivity index (χ0) is 12.2. The third kappa shape index (κ3) is 2.50. The van der Waals surface area contributed by atoms with Crippen LogP contribution < -0.4 is 5.73 Å². The van der Waals surface area contributed by atoms with Crippen LogP contribution in [0.5, 0.6) is 0 Å². The predicted molar refractivity (Wildman–Crippen MR) is 64.1 cm³/mol. The third-order valence-corrected chi connectivity index (χ3v) is 3.28. The average molecular weight is 223 g/mol. The minimum absolute atomic E-state index is 0.0819. The van der Waals surface area contributed by atoms with Crippen LogP contribution in [0.4, 0.5) is 0 Å². The van der Waals surface area contributed by atoms with Gasteiger partial charge < -0.3 is 10.3 Å². The summed E-state index contributed by atoms with van der Waals surface area (Å²) in [5.41, 5.74) is 5.37. The van der Waals surface area contributed by atoms with Crippen LogP contribution in [0.3, 0.4) is 0 Å². The van der Waals surface area contributed by atoms with Crippen molar-refractivity contribution in [3.8, 4) is 0 Å². The third-order valence-electron chi connectivity index (χ3n) is 3.28.